The van der Waals surface area contributed by atoms with Crippen LogP contribution in [0.1, 0.15) is 10.8 Å². The highest BCUT2D eigenvalue weighted by Crippen LogP contribution is 2.21. The molecule has 0 aliphatic rings. The molecule has 3 aromatic heterocycles. The van der Waals surface area contributed by atoms with Crippen molar-refractivity contribution in [2.45, 2.75) is 12.3 Å². The van der Waals surface area contributed by atoms with Gasteiger partial charge in [-0.3, -0.25) is 4.79 Å². The van der Waals surface area contributed by atoms with E-state index in [4.69, 9.17) is 4.52 Å². The quantitative estimate of drug-likeness (QED) is 0.670. The van der Waals surface area contributed by atoms with Crippen molar-refractivity contribution in [1.29, 1.82) is 0 Å². The molecule has 10 heteroatoms. The van der Waals surface area contributed by atoms with Crippen LogP contribution in [0.3, 0.4) is 0 Å². The maximum atomic E-state index is 12.1. The summed E-state index contributed by atoms with van der Waals surface area (Å²) in [5.74, 6) is -1.31. The van der Waals surface area contributed by atoms with Gasteiger partial charge in [-0.15, -0.1) is 22.7 Å². The number of rotatable bonds is 7. The van der Waals surface area contributed by atoms with Crippen molar-refractivity contribution in [2.75, 3.05) is 5.75 Å². The van der Waals surface area contributed by atoms with Gasteiger partial charge >= 0.3 is 0 Å². The van der Waals surface area contributed by atoms with Crippen LogP contribution in [-0.4, -0.2) is 30.2 Å². The SMILES string of the molecule is O=C(CS(=O)(=O)Cc1nc(-c2cccs2)no1)NCc1cccs1. The van der Waals surface area contributed by atoms with Gasteiger partial charge in [0.15, 0.2) is 9.84 Å². The Morgan fingerprint density at radius 2 is 2.00 bits per heavy atom. The van der Waals surface area contributed by atoms with Gasteiger partial charge in [0, 0.05) is 4.88 Å². The molecule has 0 fully saturated rings. The smallest absolute Gasteiger partial charge is 0.242 e. The van der Waals surface area contributed by atoms with Crippen molar-refractivity contribution in [1.82, 2.24) is 15.5 Å². The summed E-state index contributed by atoms with van der Waals surface area (Å²) in [6, 6.07) is 7.38. The first-order chi connectivity index (χ1) is 11.5. The second kappa shape index (κ2) is 7.24. The Labute approximate surface area is 146 Å². The van der Waals surface area contributed by atoms with Crippen LogP contribution in [0.15, 0.2) is 39.5 Å². The summed E-state index contributed by atoms with van der Waals surface area (Å²) in [5, 5.41) is 10.1. The Bertz CT molecular complexity index is 899. The number of hydrogen-bond donors (Lipinski definition) is 1. The van der Waals surface area contributed by atoms with Crippen molar-refractivity contribution in [3.8, 4) is 10.7 Å². The lowest BCUT2D eigenvalue weighted by molar-refractivity contribution is -0.118. The molecule has 0 radical (unpaired) electrons. The molecule has 1 amide bonds. The first kappa shape index (κ1) is 16.8. The molecule has 24 heavy (non-hydrogen) atoms. The Morgan fingerprint density at radius 3 is 2.71 bits per heavy atom. The summed E-state index contributed by atoms with van der Waals surface area (Å²) in [7, 11) is -3.68. The summed E-state index contributed by atoms with van der Waals surface area (Å²) in [4.78, 5) is 17.6. The number of sulfone groups is 1. The van der Waals surface area contributed by atoms with Gasteiger partial charge in [0.25, 0.3) is 0 Å². The number of carbonyl (C=O) groups excluding carboxylic acids is 1. The normalized spacial score (nSPS) is 11.5. The van der Waals surface area contributed by atoms with E-state index in [0.29, 0.717) is 12.4 Å². The van der Waals surface area contributed by atoms with Crippen molar-refractivity contribution < 1.29 is 17.7 Å². The van der Waals surface area contributed by atoms with Crippen LogP contribution in [0.4, 0.5) is 0 Å². The van der Waals surface area contributed by atoms with Gasteiger partial charge in [-0.05, 0) is 22.9 Å². The minimum atomic E-state index is -3.68. The molecular weight excluding hydrogens is 370 g/mol. The topological polar surface area (TPSA) is 102 Å². The van der Waals surface area contributed by atoms with Crippen molar-refractivity contribution in [3.63, 3.8) is 0 Å². The van der Waals surface area contributed by atoms with Crippen LogP contribution in [0, 0.1) is 0 Å². The van der Waals surface area contributed by atoms with Crippen molar-refractivity contribution >= 4 is 38.4 Å². The summed E-state index contributed by atoms with van der Waals surface area (Å²) >= 11 is 2.92. The average Bonchev–Trinajstić information content (AvgIpc) is 3.26. The standard InChI is InChI=1S/C14H13N3O4S3/c18-12(15-7-10-3-1-5-22-10)8-24(19,20)9-13-16-14(17-21-13)11-4-2-6-23-11/h1-6H,7-9H2,(H,15,18). The molecule has 1 N–H and O–H groups in total. The van der Waals surface area contributed by atoms with E-state index in [1.165, 1.54) is 22.7 Å². The molecule has 0 spiro atoms. The molecule has 3 heterocycles. The molecule has 0 unspecified atom stereocenters. The van der Waals surface area contributed by atoms with E-state index in [-0.39, 0.29) is 5.89 Å². The Balaban J connectivity index is 1.56. The molecule has 0 bridgehead atoms. The third-order valence-corrected chi connectivity index (χ3v) is 6.07. The van der Waals surface area contributed by atoms with Crippen molar-refractivity contribution in [3.05, 3.63) is 45.8 Å². The Kier molecular flexibility index (Phi) is 5.07. The number of aromatic nitrogens is 2. The van der Waals surface area contributed by atoms with E-state index >= 15 is 0 Å². The van der Waals surface area contributed by atoms with Crippen LogP contribution < -0.4 is 5.32 Å². The van der Waals surface area contributed by atoms with Gasteiger partial charge in [-0.25, -0.2) is 8.42 Å². The van der Waals surface area contributed by atoms with Gasteiger partial charge in [0.2, 0.25) is 17.6 Å². The summed E-state index contributed by atoms with van der Waals surface area (Å²) in [5.41, 5.74) is 0. The van der Waals surface area contributed by atoms with Gasteiger partial charge in [-0.2, -0.15) is 4.98 Å². The highest BCUT2D eigenvalue weighted by Gasteiger charge is 2.21. The highest BCUT2D eigenvalue weighted by atomic mass is 32.2. The first-order valence-electron chi connectivity index (χ1n) is 6.88. The number of thiophene rings is 2. The van der Waals surface area contributed by atoms with Crippen LogP contribution in [0.5, 0.6) is 0 Å². The third kappa shape index (κ3) is 4.49. The monoisotopic (exact) mass is 383 g/mol. The maximum Gasteiger partial charge on any atom is 0.242 e. The number of nitrogens with one attached hydrogen (secondary N) is 1. The van der Waals surface area contributed by atoms with Gasteiger partial charge < -0.3 is 9.84 Å². The van der Waals surface area contributed by atoms with E-state index < -0.39 is 27.3 Å². The fraction of sp³-hybridized carbons (Fsp3) is 0.214. The number of nitrogens with zero attached hydrogens (tertiary/aromatic N) is 2. The molecule has 0 saturated heterocycles. The summed E-state index contributed by atoms with van der Waals surface area (Å²) in [6.07, 6.45) is 0. The number of hydrogen-bond acceptors (Lipinski definition) is 8. The van der Waals surface area contributed by atoms with Gasteiger partial charge in [0.05, 0.1) is 11.4 Å². The largest absolute Gasteiger partial charge is 0.350 e. The zero-order valence-corrected chi connectivity index (χ0v) is 14.8. The molecule has 7 nitrogen and oxygen atoms in total. The van der Waals surface area contributed by atoms with Crippen LogP contribution in [-0.2, 0) is 26.9 Å². The molecule has 0 saturated carbocycles. The minimum Gasteiger partial charge on any atom is -0.350 e. The summed E-state index contributed by atoms with van der Waals surface area (Å²) in [6.45, 7) is 0.315. The zero-order chi connectivity index (χ0) is 17.0. The molecular formula is C14H13N3O4S3. The Hall–Kier alpha value is -2.04. The van der Waals surface area contributed by atoms with E-state index in [1.807, 2.05) is 35.0 Å². The number of carbonyl (C=O) groups is 1. The lowest BCUT2D eigenvalue weighted by atomic mass is 10.4. The molecule has 0 aromatic carbocycles. The van der Waals surface area contributed by atoms with E-state index in [9.17, 15) is 13.2 Å². The van der Waals surface area contributed by atoms with Gasteiger partial charge in [-0.1, -0.05) is 17.3 Å². The predicted molar refractivity (Wildman–Crippen MR) is 91.3 cm³/mol. The van der Waals surface area contributed by atoms with E-state index in [0.717, 1.165) is 9.75 Å². The molecule has 3 rings (SSSR count). The lowest BCUT2D eigenvalue weighted by Gasteiger charge is -2.03. The molecule has 0 aliphatic carbocycles. The van der Waals surface area contributed by atoms with Crippen LogP contribution >= 0.6 is 22.7 Å². The molecule has 0 atom stereocenters. The molecule has 126 valence electrons. The number of amides is 1. The first-order valence-corrected chi connectivity index (χ1v) is 10.5. The zero-order valence-electron chi connectivity index (χ0n) is 12.3. The average molecular weight is 383 g/mol. The molecule has 3 aromatic rings. The third-order valence-electron chi connectivity index (χ3n) is 2.94. The van der Waals surface area contributed by atoms with E-state index in [2.05, 4.69) is 15.5 Å². The van der Waals surface area contributed by atoms with Crippen molar-refractivity contribution in [2.24, 2.45) is 0 Å². The molecule has 0 aliphatic heterocycles. The van der Waals surface area contributed by atoms with E-state index in [1.54, 1.807) is 0 Å². The fourth-order valence-corrected chi connectivity index (χ4v) is 4.30. The fourth-order valence-electron chi connectivity index (χ4n) is 1.91. The second-order valence-corrected chi connectivity index (χ2v) is 8.92. The summed E-state index contributed by atoms with van der Waals surface area (Å²) < 4.78 is 29.1. The van der Waals surface area contributed by atoms with Gasteiger partial charge in [0.1, 0.15) is 11.5 Å². The van der Waals surface area contributed by atoms with Crippen LogP contribution in [0.2, 0.25) is 0 Å². The second-order valence-electron chi connectivity index (χ2n) is 4.88. The van der Waals surface area contributed by atoms with Crippen LogP contribution in [0.25, 0.3) is 10.7 Å². The maximum absolute atomic E-state index is 12.1. The minimum absolute atomic E-state index is 0.0237. The highest BCUT2D eigenvalue weighted by molar-refractivity contribution is 7.91. The Morgan fingerprint density at radius 1 is 1.21 bits per heavy atom. The lowest BCUT2D eigenvalue weighted by Crippen LogP contribution is -2.30. The predicted octanol–water partition coefficient (Wildman–Crippen LogP) is 2.09.